The van der Waals surface area contributed by atoms with Gasteiger partial charge in [0, 0.05) is 43.9 Å². The molecule has 38 heavy (non-hydrogen) atoms. The van der Waals surface area contributed by atoms with Gasteiger partial charge in [0.05, 0.1) is 17.6 Å². The molecule has 3 N–H and O–H groups in total. The van der Waals surface area contributed by atoms with Gasteiger partial charge in [-0.3, -0.25) is 4.79 Å². The molecule has 1 aliphatic carbocycles. The maximum absolute atomic E-state index is 13.2. The van der Waals surface area contributed by atoms with E-state index in [1.54, 1.807) is 20.0 Å². The third-order valence-corrected chi connectivity index (χ3v) is 7.73. The lowest BCUT2D eigenvalue weighted by atomic mass is 9.90. The number of hydrogen-bond acceptors (Lipinski definition) is 7. The van der Waals surface area contributed by atoms with Crippen molar-refractivity contribution >= 4 is 39.9 Å². The second-order valence-corrected chi connectivity index (χ2v) is 10.1. The molecular weight excluding hydrogens is 492 g/mol. The molecular formula is C26H31F2N9O. The summed E-state index contributed by atoms with van der Waals surface area (Å²) in [4.78, 5) is 35.9. The van der Waals surface area contributed by atoms with Crippen LogP contribution in [0.5, 0.6) is 0 Å². The fourth-order valence-electron chi connectivity index (χ4n) is 5.87. The van der Waals surface area contributed by atoms with E-state index in [0.717, 1.165) is 49.6 Å². The highest BCUT2D eigenvalue weighted by Crippen LogP contribution is 2.34. The number of H-pyrrole nitrogens is 1. The van der Waals surface area contributed by atoms with Gasteiger partial charge in [0.2, 0.25) is 11.9 Å². The molecule has 2 fully saturated rings. The summed E-state index contributed by atoms with van der Waals surface area (Å²) < 4.78 is 27.8. The third kappa shape index (κ3) is 4.41. The number of alkyl halides is 2. The third-order valence-electron chi connectivity index (χ3n) is 7.73. The van der Waals surface area contributed by atoms with Gasteiger partial charge in [-0.25, -0.2) is 18.7 Å². The van der Waals surface area contributed by atoms with Crippen molar-refractivity contribution < 1.29 is 13.6 Å². The number of anilines is 2. The number of nitrogens with one attached hydrogen (secondary N) is 3. The Hall–Kier alpha value is -3.83. The van der Waals surface area contributed by atoms with E-state index in [-0.39, 0.29) is 6.04 Å². The first-order chi connectivity index (χ1) is 18.4. The topological polar surface area (TPSA) is 117 Å². The minimum atomic E-state index is -2.50. The molecule has 6 rings (SSSR count). The van der Waals surface area contributed by atoms with Crippen molar-refractivity contribution in [3.05, 3.63) is 24.2 Å². The van der Waals surface area contributed by atoms with Gasteiger partial charge in [0.1, 0.15) is 22.8 Å². The van der Waals surface area contributed by atoms with E-state index in [2.05, 4.69) is 25.5 Å². The van der Waals surface area contributed by atoms with E-state index >= 15 is 0 Å². The average molecular weight is 524 g/mol. The predicted molar refractivity (Wildman–Crippen MR) is 141 cm³/mol. The summed E-state index contributed by atoms with van der Waals surface area (Å²) >= 11 is 0. The minimum absolute atomic E-state index is 0.239. The van der Waals surface area contributed by atoms with E-state index in [0.29, 0.717) is 58.5 Å². The van der Waals surface area contributed by atoms with Crippen molar-refractivity contribution in [2.24, 2.45) is 0 Å². The van der Waals surface area contributed by atoms with Crippen molar-refractivity contribution in [1.29, 1.82) is 0 Å². The molecule has 1 aliphatic heterocycles. The maximum Gasteiger partial charge on any atom is 0.256 e. The molecule has 4 aromatic rings. The van der Waals surface area contributed by atoms with E-state index in [9.17, 15) is 13.6 Å². The molecule has 4 aromatic heterocycles. The van der Waals surface area contributed by atoms with Crippen molar-refractivity contribution in [1.82, 2.24) is 34.4 Å². The Balaban J connectivity index is 1.25. The summed E-state index contributed by atoms with van der Waals surface area (Å²) in [6.07, 6.45) is 4.83. The second-order valence-electron chi connectivity index (χ2n) is 10.1. The number of carbonyl (C=O) groups excluding carboxylic acids is 1. The Morgan fingerprint density at radius 3 is 2.66 bits per heavy atom. The number of amides is 1. The summed E-state index contributed by atoms with van der Waals surface area (Å²) in [5.74, 6) is 1.97. The number of likely N-dealkylation sites (tertiary alicyclic amines) is 1. The lowest BCUT2D eigenvalue weighted by Gasteiger charge is -2.34. The Morgan fingerprint density at radius 1 is 1.13 bits per heavy atom. The largest absolute Gasteiger partial charge is 0.372 e. The van der Waals surface area contributed by atoms with Crippen LogP contribution in [-0.2, 0) is 11.3 Å². The fourth-order valence-corrected chi connectivity index (χ4v) is 5.87. The van der Waals surface area contributed by atoms with E-state index in [1.165, 1.54) is 4.57 Å². The number of aromatic amines is 1. The highest BCUT2D eigenvalue weighted by Gasteiger charge is 2.31. The number of carbonyl (C=O) groups is 1. The molecule has 0 radical (unpaired) electrons. The molecule has 0 spiro atoms. The van der Waals surface area contributed by atoms with Crippen molar-refractivity contribution in [3.8, 4) is 11.3 Å². The molecule has 2 aliphatic rings. The van der Waals surface area contributed by atoms with Crippen molar-refractivity contribution in [3.63, 3.8) is 0 Å². The number of aromatic nitrogens is 6. The minimum Gasteiger partial charge on any atom is -0.372 e. The lowest BCUT2D eigenvalue weighted by molar-refractivity contribution is -0.130. The maximum atomic E-state index is 13.2. The SMILES string of the molecule is CNc1nc(N[C@H]2CC[C@H](N3CCCC3=O)CC2)nc2[nH]cc(-c3ccc4nc(C)n(CC(F)F)c4n3)c12. The molecule has 200 valence electrons. The van der Waals surface area contributed by atoms with Gasteiger partial charge in [0.15, 0.2) is 5.65 Å². The van der Waals surface area contributed by atoms with E-state index in [1.807, 2.05) is 12.3 Å². The summed E-state index contributed by atoms with van der Waals surface area (Å²) in [5.41, 5.74) is 3.04. The van der Waals surface area contributed by atoms with Gasteiger partial charge in [0.25, 0.3) is 6.43 Å². The van der Waals surface area contributed by atoms with Crippen LogP contribution in [-0.4, -0.2) is 72.4 Å². The molecule has 1 saturated heterocycles. The Bertz CT molecular complexity index is 1490. The molecule has 0 atom stereocenters. The average Bonchev–Trinajstić information content (AvgIpc) is 3.61. The van der Waals surface area contributed by atoms with Crippen molar-refractivity contribution in [2.45, 2.75) is 70.5 Å². The summed E-state index contributed by atoms with van der Waals surface area (Å²) in [6, 6.07) is 4.21. The number of halogens is 2. The van der Waals surface area contributed by atoms with Crippen molar-refractivity contribution in [2.75, 3.05) is 24.2 Å². The molecule has 12 heteroatoms. The van der Waals surface area contributed by atoms with Gasteiger partial charge >= 0.3 is 0 Å². The Morgan fingerprint density at radius 2 is 1.95 bits per heavy atom. The van der Waals surface area contributed by atoms with Gasteiger partial charge < -0.3 is 25.1 Å². The molecule has 1 amide bonds. The first-order valence-electron chi connectivity index (χ1n) is 13.2. The Kier molecular flexibility index (Phi) is 6.32. The van der Waals surface area contributed by atoms with Gasteiger partial charge in [-0.15, -0.1) is 0 Å². The standard InChI is InChI=1S/C26H31F2N9O/c1-14-31-19-10-9-18(33-25(19)37(14)13-20(27)28)17-12-30-24-22(17)23(29-2)34-26(35-24)32-15-5-7-16(8-6-15)36-11-3-4-21(36)38/h9-10,12,15-16,20H,3-8,11,13H2,1-2H3,(H3,29,30,32,34,35)/t15-,16-. The van der Waals surface area contributed by atoms with Crippen LogP contribution in [0.15, 0.2) is 18.3 Å². The second kappa shape index (κ2) is 9.80. The van der Waals surface area contributed by atoms with Crippen LogP contribution in [0.1, 0.15) is 44.3 Å². The molecule has 1 saturated carbocycles. The predicted octanol–water partition coefficient (Wildman–Crippen LogP) is 4.33. The monoisotopic (exact) mass is 523 g/mol. The number of imidazole rings is 1. The van der Waals surface area contributed by atoms with Crippen LogP contribution in [0.4, 0.5) is 20.5 Å². The number of hydrogen-bond donors (Lipinski definition) is 3. The highest BCUT2D eigenvalue weighted by molar-refractivity contribution is 6.01. The molecule has 0 bridgehead atoms. The number of rotatable bonds is 7. The summed E-state index contributed by atoms with van der Waals surface area (Å²) in [6.45, 7) is 2.14. The molecule has 0 unspecified atom stereocenters. The van der Waals surface area contributed by atoms with Crippen LogP contribution < -0.4 is 10.6 Å². The normalized spacial score (nSPS) is 20.2. The zero-order valence-corrected chi connectivity index (χ0v) is 21.5. The van der Waals surface area contributed by atoms with Crippen LogP contribution in [0.2, 0.25) is 0 Å². The number of fused-ring (bicyclic) bond motifs is 2. The number of aryl methyl sites for hydroxylation is 1. The highest BCUT2D eigenvalue weighted by atomic mass is 19.3. The Labute approximate surface area is 218 Å². The van der Waals surface area contributed by atoms with Crippen LogP contribution in [0, 0.1) is 6.92 Å². The molecule has 0 aromatic carbocycles. The number of pyridine rings is 1. The van der Waals surface area contributed by atoms with Gasteiger partial charge in [-0.1, -0.05) is 0 Å². The van der Waals surface area contributed by atoms with E-state index < -0.39 is 13.0 Å². The summed E-state index contributed by atoms with van der Waals surface area (Å²) in [7, 11) is 1.80. The quantitative estimate of drug-likeness (QED) is 0.330. The van der Waals surface area contributed by atoms with Crippen LogP contribution in [0.25, 0.3) is 33.5 Å². The zero-order chi connectivity index (χ0) is 26.4. The lowest BCUT2D eigenvalue weighted by Crippen LogP contribution is -2.41. The van der Waals surface area contributed by atoms with E-state index in [4.69, 9.17) is 15.0 Å². The molecule has 5 heterocycles. The molecule has 10 nitrogen and oxygen atoms in total. The fraction of sp³-hybridized carbons (Fsp3) is 0.500. The first kappa shape index (κ1) is 24.5. The smallest absolute Gasteiger partial charge is 0.256 e. The summed E-state index contributed by atoms with van der Waals surface area (Å²) in [5, 5.41) is 7.44. The van der Waals surface area contributed by atoms with Crippen LogP contribution in [0.3, 0.4) is 0 Å². The van der Waals surface area contributed by atoms with Gasteiger partial charge in [-0.05, 0) is 51.2 Å². The van der Waals surface area contributed by atoms with Crippen LogP contribution >= 0.6 is 0 Å². The first-order valence-corrected chi connectivity index (χ1v) is 13.2. The number of nitrogens with zero attached hydrogens (tertiary/aromatic N) is 6. The zero-order valence-electron chi connectivity index (χ0n) is 21.5. The van der Waals surface area contributed by atoms with Gasteiger partial charge in [-0.2, -0.15) is 9.97 Å².